The minimum atomic E-state index is -0.803. The third-order valence-corrected chi connectivity index (χ3v) is 3.53. The molecule has 0 radical (unpaired) electrons. The summed E-state index contributed by atoms with van der Waals surface area (Å²) in [6.45, 7) is 7.91. The Morgan fingerprint density at radius 3 is 2.39 bits per heavy atom. The molecule has 2 nitrogen and oxygen atoms in total. The van der Waals surface area contributed by atoms with Crippen molar-refractivity contribution in [2.45, 2.75) is 66.2 Å². The van der Waals surface area contributed by atoms with E-state index in [9.17, 15) is 4.79 Å². The quantitative estimate of drug-likeness (QED) is 0.358. The Morgan fingerprint density at radius 1 is 1.17 bits per heavy atom. The Bertz CT molecular complexity index is 300. The topological polar surface area (TPSA) is 37.3 Å². The van der Waals surface area contributed by atoms with E-state index in [-0.39, 0.29) is 0 Å². The normalized spacial score (nSPS) is 14.7. The molecule has 0 aliphatic heterocycles. The zero-order chi connectivity index (χ0) is 14.0. The van der Waals surface area contributed by atoms with Gasteiger partial charge in [-0.25, -0.2) is 4.79 Å². The van der Waals surface area contributed by atoms with Gasteiger partial charge in [-0.2, -0.15) is 0 Å². The molecular formula is C16H28O2. The standard InChI is InChI=1S/C16H28O2/c1-5-6-7-8-9-10-11-12-13(2)14(3)15(4)16(17)18/h10-11,13H,5-9,12H2,1-4H3,(H,17,18)/b11-10+,15-14+. The molecule has 0 aliphatic rings. The van der Waals surface area contributed by atoms with Gasteiger partial charge in [0.25, 0.3) is 0 Å². The Labute approximate surface area is 112 Å². The second kappa shape index (κ2) is 9.93. The first-order valence-electron chi connectivity index (χ1n) is 7.06. The minimum Gasteiger partial charge on any atom is -0.478 e. The lowest BCUT2D eigenvalue weighted by molar-refractivity contribution is -0.132. The molecule has 0 fully saturated rings. The van der Waals surface area contributed by atoms with Crippen molar-refractivity contribution in [1.29, 1.82) is 0 Å². The van der Waals surface area contributed by atoms with Crippen LogP contribution in [0.15, 0.2) is 23.3 Å². The summed E-state index contributed by atoms with van der Waals surface area (Å²) in [6.07, 6.45) is 11.7. The van der Waals surface area contributed by atoms with Crippen molar-refractivity contribution in [1.82, 2.24) is 0 Å². The number of carboxylic acid groups (broad SMARTS) is 1. The summed E-state index contributed by atoms with van der Waals surface area (Å²) in [5.41, 5.74) is 1.47. The molecule has 1 atom stereocenters. The van der Waals surface area contributed by atoms with E-state index in [1.165, 1.54) is 25.7 Å². The highest BCUT2D eigenvalue weighted by molar-refractivity contribution is 5.86. The first-order chi connectivity index (χ1) is 8.50. The number of rotatable bonds is 9. The molecule has 0 aromatic heterocycles. The van der Waals surface area contributed by atoms with Gasteiger partial charge in [0.1, 0.15) is 0 Å². The highest BCUT2D eigenvalue weighted by Crippen LogP contribution is 2.19. The van der Waals surface area contributed by atoms with Crippen LogP contribution >= 0.6 is 0 Å². The molecule has 0 bridgehead atoms. The van der Waals surface area contributed by atoms with Crippen LogP contribution in [0.25, 0.3) is 0 Å². The van der Waals surface area contributed by atoms with E-state index >= 15 is 0 Å². The van der Waals surface area contributed by atoms with Crippen LogP contribution in [0.2, 0.25) is 0 Å². The molecule has 0 rings (SSSR count). The predicted octanol–water partition coefficient (Wildman–Crippen LogP) is 4.96. The van der Waals surface area contributed by atoms with Crippen molar-refractivity contribution in [2.24, 2.45) is 5.92 Å². The highest BCUT2D eigenvalue weighted by atomic mass is 16.4. The summed E-state index contributed by atoms with van der Waals surface area (Å²) in [5, 5.41) is 8.92. The number of carboxylic acids is 1. The van der Waals surface area contributed by atoms with Gasteiger partial charge in [0.2, 0.25) is 0 Å². The molecule has 0 spiro atoms. The van der Waals surface area contributed by atoms with Gasteiger partial charge < -0.3 is 5.11 Å². The Morgan fingerprint density at radius 2 is 1.83 bits per heavy atom. The van der Waals surface area contributed by atoms with Gasteiger partial charge in [0, 0.05) is 5.57 Å². The molecule has 104 valence electrons. The summed E-state index contributed by atoms with van der Waals surface area (Å²) < 4.78 is 0. The number of unbranched alkanes of at least 4 members (excludes halogenated alkanes) is 4. The average molecular weight is 252 g/mol. The van der Waals surface area contributed by atoms with Crippen molar-refractivity contribution < 1.29 is 9.90 Å². The van der Waals surface area contributed by atoms with Crippen molar-refractivity contribution in [3.05, 3.63) is 23.3 Å². The molecule has 18 heavy (non-hydrogen) atoms. The summed E-state index contributed by atoms with van der Waals surface area (Å²) in [6, 6.07) is 0. The van der Waals surface area contributed by atoms with Gasteiger partial charge in [0.05, 0.1) is 0 Å². The van der Waals surface area contributed by atoms with Crippen LogP contribution < -0.4 is 0 Å². The molecule has 1 N–H and O–H groups in total. The molecule has 0 aromatic carbocycles. The Kier molecular flexibility index (Phi) is 9.35. The van der Waals surface area contributed by atoms with Gasteiger partial charge in [0.15, 0.2) is 0 Å². The first-order valence-corrected chi connectivity index (χ1v) is 7.06. The zero-order valence-electron chi connectivity index (χ0n) is 12.3. The molecule has 0 saturated carbocycles. The van der Waals surface area contributed by atoms with Crippen LogP contribution in [0, 0.1) is 5.92 Å². The second-order valence-electron chi connectivity index (χ2n) is 5.07. The molecule has 0 aliphatic carbocycles. The largest absolute Gasteiger partial charge is 0.478 e. The number of aliphatic carboxylic acids is 1. The van der Waals surface area contributed by atoms with Gasteiger partial charge in [-0.15, -0.1) is 0 Å². The van der Waals surface area contributed by atoms with Crippen molar-refractivity contribution in [3.63, 3.8) is 0 Å². The predicted molar refractivity (Wildman–Crippen MR) is 77.7 cm³/mol. The van der Waals surface area contributed by atoms with E-state index in [1.807, 2.05) is 6.92 Å². The average Bonchev–Trinajstić information content (AvgIpc) is 2.35. The van der Waals surface area contributed by atoms with E-state index in [0.29, 0.717) is 11.5 Å². The van der Waals surface area contributed by atoms with Gasteiger partial charge in [-0.3, -0.25) is 0 Å². The summed E-state index contributed by atoms with van der Waals surface area (Å²) in [4.78, 5) is 10.8. The highest BCUT2D eigenvalue weighted by Gasteiger charge is 2.10. The lowest BCUT2D eigenvalue weighted by Gasteiger charge is -2.11. The third kappa shape index (κ3) is 7.31. The molecule has 0 saturated heterocycles. The molecule has 0 aromatic rings. The van der Waals surface area contributed by atoms with Gasteiger partial charge in [-0.05, 0) is 39.0 Å². The van der Waals surface area contributed by atoms with Gasteiger partial charge >= 0.3 is 5.97 Å². The second-order valence-corrected chi connectivity index (χ2v) is 5.07. The van der Waals surface area contributed by atoms with E-state index in [2.05, 4.69) is 26.0 Å². The van der Waals surface area contributed by atoms with Crippen LogP contribution in [0.4, 0.5) is 0 Å². The minimum absolute atomic E-state index is 0.313. The van der Waals surface area contributed by atoms with Crippen LogP contribution in [0.5, 0.6) is 0 Å². The lowest BCUT2D eigenvalue weighted by atomic mass is 9.94. The Hall–Kier alpha value is -1.05. The van der Waals surface area contributed by atoms with Crippen LogP contribution in [0.3, 0.4) is 0 Å². The Balaban J connectivity index is 3.96. The van der Waals surface area contributed by atoms with Crippen molar-refractivity contribution in [3.8, 4) is 0 Å². The van der Waals surface area contributed by atoms with Gasteiger partial charge in [-0.1, -0.05) is 50.8 Å². The fourth-order valence-electron chi connectivity index (χ4n) is 1.82. The summed E-state index contributed by atoms with van der Waals surface area (Å²) >= 11 is 0. The number of hydrogen-bond donors (Lipinski definition) is 1. The maximum atomic E-state index is 10.8. The van der Waals surface area contributed by atoms with E-state index < -0.39 is 5.97 Å². The van der Waals surface area contributed by atoms with E-state index in [1.54, 1.807) is 6.92 Å². The fraction of sp³-hybridized carbons (Fsp3) is 0.688. The zero-order valence-corrected chi connectivity index (χ0v) is 12.3. The number of hydrogen-bond acceptors (Lipinski definition) is 1. The fourth-order valence-corrected chi connectivity index (χ4v) is 1.82. The number of allylic oxidation sites excluding steroid dienone is 3. The van der Waals surface area contributed by atoms with Crippen LogP contribution in [-0.2, 0) is 4.79 Å². The maximum absolute atomic E-state index is 10.8. The molecule has 2 heteroatoms. The summed E-state index contributed by atoms with van der Waals surface area (Å²) in [7, 11) is 0. The summed E-state index contributed by atoms with van der Waals surface area (Å²) in [5.74, 6) is -0.490. The monoisotopic (exact) mass is 252 g/mol. The van der Waals surface area contributed by atoms with Crippen LogP contribution in [0.1, 0.15) is 66.2 Å². The molecule has 0 amide bonds. The van der Waals surface area contributed by atoms with E-state index in [0.717, 1.165) is 18.4 Å². The maximum Gasteiger partial charge on any atom is 0.331 e. The molecule has 1 unspecified atom stereocenters. The molecule has 0 heterocycles. The van der Waals surface area contributed by atoms with E-state index in [4.69, 9.17) is 5.11 Å². The SMILES string of the molecule is CCCCCC/C=C/CC(C)/C(C)=C(\C)C(=O)O. The van der Waals surface area contributed by atoms with Crippen LogP contribution in [-0.4, -0.2) is 11.1 Å². The smallest absolute Gasteiger partial charge is 0.331 e. The first kappa shape index (κ1) is 16.9. The van der Waals surface area contributed by atoms with Crippen molar-refractivity contribution in [2.75, 3.05) is 0 Å². The van der Waals surface area contributed by atoms with Crippen molar-refractivity contribution >= 4 is 5.97 Å². The lowest BCUT2D eigenvalue weighted by Crippen LogP contribution is -2.05. The number of carbonyl (C=O) groups is 1. The third-order valence-electron chi connectivity index (χ3n) is 3.53. The molecular weight excluding hydrogens is 224 g/mol.